The number of anilines is 2. The van der Waals surface area contributed by atoms with Crippen LogP contribution in [0.2, 0.25) is 5.02 Å². The largest absolute Gasteiger partial charge is 0.392 e. The van der Waals surface area contributed by atoms with E-state index in [1.54, 1.807) is 30.3 Å². The van der Waals surface area contributed by atoms with Gasteiger partial charge in [0.15, 0.2) is 17.6 Å². The first-order chi connectivity index (χ1) is 19.0. The van der Waals surface area contributed by atoms with Crippen molar-refractivity contribution in [2.24, 2.45) is 0 Å². The van der Waals surface area contributed by atoms with E-state index in [0.717, 1.165) is 24.1 Å². The van der Waals surface area contributed by atoms with Crippen molar-refractivity contribution in [3.05, 3.63) is 64.3 Å². The molecule has 0 aliphatic carbocycles. The summed E-state index contributed by atoms with van der Waals surface area (Å²) in [4.78, 5) is 28.4. The maximum Gasteiger partial charge on any atom is 0.258 e. The zero-order valence-electron chi connectivity index (χ0n) is 23.3. The molecule has 212 valence electrons. The first-order valence-corrected chi connectivity index (χ1v) is 13.6. The number of carbonyl (C=O) groups excluding carboxylic acids is 2. The summed E-state index contributed by atoms with van der Waals surface area (Å²) in [7, 11) is 0. The number of fused-ring (bicyclic) bond motifs is 1. The lowest BCUT2D eigenvalue weighted by molar-refractivity contribution is -0.128. The average molecular weight is 567 g/mol. The van der Waals surface area contributed by atoms with E-state index in [1.165, 1.54) is 11.6 Å². The summed E-state index contributed by atoms with van der Waals surface area (Å²) in [5.41, 5.74) is 3.89. The number of H-pyrrole nitrogens is 1. The van der Waals surface area contributed by atoms with E-state index in [-0.39, 0.29) is 17.9 Å². The molecule has 0 saturated carbocycles. The van der Waals surface area contributed by atoms with Crippen LogP contribution in [0.1, 0.15) is 70.4 Å². The molecule has 4 rings (SSSR count). The summed E-state index contributed by atoms with van der Waals surface area (Å²) < 4.78 is 7.51. The number of ether oxygens (including phenoxy) is 1. The van der Waals surface area contributed by atoms with Crippen LogP contribution in [0.15, 0.2) is 42.5 Å². The molecule has 2 aromatic carbocycles. The first kappa shape index (κ1) is 29.3. The molecule has 40 heavy (non-hydrogen) atoms. The lowest BCUT2D eigenvalue weighted by Gasteiger charge is -2.21. The van der Waals surface area contributed by atoms with Gasteiger partial charge in [0.25, 0.3) is 5.91 Å². The number of amides is 2. The zero-order chi connectivity index (χ0) is 29.0. The highest BCUT2D eigenvalue weighted by Gasteiger charge is 2.27. The Bertz CT molecular complexity index is 1520. The van der Waals surface area contributed by atoms with E-state index in [1.807, 2.05) is 39.8 Å². The van der Waals surface area contributed by atoms with Crippen LogP contribution < -0.4 is 10.6 Å². The Balaban J connectivity index is 1.62. The van der Waals surface area contributed by atoms with Crippen molar-refractivity contribution in [1.29, 1.82) is 0 Å². The summed E-state index contributed by atoms with van der Waals surface area (Å²) in [6.07, 6.45) is 0.648. The van der Waals surface area contributed by atoms with Crippen molar-refractivity contribution in [2.75, 3.05) is 17.2 Å². The smallest absolute Gasteiger partial charge is 0.258 e. The van der Waals surface area contributed by atoms with E-state index >= 15 is 0 Å². The van der Waals surface area contributed by atoms with Crippen LogP contribution in [0.5, 0.6) is 0 Å². The summed E-state index contributed by atoms with van der Waals surface area (Å²) in [5, 5.41) is 25.2. The number of aliphatic hydroxyl groups excluding tert-OH is 1. The quantitative estimate of drug-likeness (QED) is 0.184. The molecule has 0 radical (unpaired) electrons. The van der Waals surface area contributed by atoms with Gasteiger partial charge in [0.1, 0.15) is 5.02 Å². The fourth-order valence-electron chi connectivity index (χ4n) is 4.28. The number of benzene rings is 2. The molecule has 0 aliphatic heterocycles. The van der Waals surface area contributed by atoms with Gasteiger partial charge < -0.3 is 25.5 Å². The third-order valence-electron chi connectivity index (χ3n) is 6.30. The second-order valence-electron chi connectivity index (χ2n) is 10.7. The molecule has 2 amide bonds. The SMILES string of the molecule is CCCCOC(C(=O)Nc1cccc(-c2nn3nc(C(C)(C)C)c(Cl)c3[nH]2)c1)c1cc(NC(C)=O)ccc1CO. The number of unbranched alkanes of at least 4 members (excludes halogenated alkanes) is 1. The number of carbonyl (C=O) groups is 2. The van der Waals surface area contributed by atoms with Crippen LogP contribution in [-0.4, -0.2) is 43.3 Å². The van der Waals surface area contributed by atoms with Gasteiger partial charge in [-0.3, -0.25) is 9.59 Å². The maximum absolute atomic E-state index is 13.6. The Morgan fingerprint density at radius 3 is 2.52 bits per heavy atom. The van der Waals surface area contributed by atoms with E-state index in [9.17, 15) is 14.7 Å². The van der Waals surface area contributed by atoms with E-state index < -0.39 is 12.0 Å². The molecule has 0 aliphatic rings. The molecule has 4 N–H and O–H groups in total. The van der Waals surface area contributed by atoms with Crippen molar-refractivity contribution in [3.63, 3.8) is 0 Å². The summed E-state index contributed by atoms with van der Waals surface area (Å²) >= 11 is 6.58. The number of aromatic amines is 1. The molecule has 0 fully saturated rings. The predicted octanol–water partition coefficient (Wildman–Crippen LogP) is 5.62. The summed E-state index contributed by atoms with van der Waals surface area (Å²) in [5.74, 6) is -0.106. The van der Waals surface area contributed by atoms with Gasteiger partial charge in [-0.2, -0.15) is 5.10 Å². The van der Waals surface area contributed by atoms with Crippen molar-refractivity contribution in [3.8, 4) is 11.4 Å². The van der Waals surface area contributed by atoms with E-state index in [4.69, 9.17) is 16.3 Å². The standard InChI is InChI=1S/C29H35ClN6O4/c1-6-7-13-40-24(22-15-21(31-17(2)38)12-11-19(22)16-37)28(39)32-20-10-8-9-18(14-20)26-33-27-23(30)25(29(3,4)5)34-36(27)35-26/h8-12,14-15,24,37H,6-7,13,16H2,1-5H3,(H,31,38)(H,32,39)(H,33,35). The minimum absolute atomic E-state index is 0.233. The third-order valence-corrected chi connectivity index (χ3v) is 6.65. The Hall–Kier alpha value is -3.73. The maximum atomic E-state index is 13.6. The highest BCUT2D eigenvalue weighted by atomic mass is 35.5. The van der Waals surface area contributed by atoms with Crippen LogP contribution in [0, 0.1) is 0 Å². The number of rotatable bonds is 10. The Morgan fingerprint density at radius 1 is 1.12 bits per heavy atom. The van der Waals surface area contributed by atoms with Gasteiger partial charge >= 0.3 is 0 Å². The summed E-state index contributed by atoms with van der Waals surface area (Å²) in [6, 6.07) is 12.2. The monoisotopic (exact) mass is 566 g/mol. The molecule has 11 heteroatoms. The average Bonchev–Trinajstić information content (AvgIpc) is 3.46. The Morgan fingerprint density at radius 2 is 1.88 bits per heavy atom. The second kappa shape index (κ2) is 12.2. The molecular weight excluding hydrogens is 532 g/mol. The van der Waals surface area contributed by atoms with Crippen molar-refractivity contribution >= 4 is 40.4 Å². The van der Waals surface area contributed by atoms with Crippen molar-refractivity contribution in [1.82, 2.24) is 19.8 Å². The fraction of sp³-hybridized carbons (Fsp3) is 0.379. The molecule has 2 aromatic heterocycles. The Kier molecular flexibility index (Phi) is 8.92. The van der Waals surface area contributed by atoms with E-state index in [2.05, 4.69) is 25.8 Å². The number of hydrogen-bond donors (Lipinski definition) is 4. The number of nitrogens with one attached hydrogen (secondary N) is 3. The molecule has 1 unspecified atom stereocenters. The Labute approximate surface area is 238 Å². The summed E-state index contributed by atoms with van der Waals surface area (Å²) in [6.45, 7) is 9.61. The zero-order valence-corrected chi connectivity index (χ0v) is 24.1. The van der Waals surface area contributed by atoms with Gasteiger partial charge in [-0.25, -0.2) is 0 Å². The van der Waals surface area contributed by atoms with Gasteiger partial charge in [0.05, 0.1) is 12.3 Å². The topological polar surface area (TPSA) is 134 Å². The van der Waals surface area contributed by atoms with E-state index in [0.29, 0.717) is 45.6 Å². The van der Waals surface area contributed by atoms with Crippen molar-refractivity contribution < 1.29 is 19.4 Å². The predicted molar refractivity (Wildman–Crippen MR) is 155 cm³/mol. The number of halogens is 1. The van der Waals surface area contributed by atoms with Gasteiger partial charge in [0, 0.05) is 35.9 Å². The number of nitrogens with zero attached hydrogens (tertiary/aromatic N) is 3. The number of aliphatic hydroxyl groups is 1. The molecule has 10 nitrogen and oxygen atoms in total. The van der Waals surface area contributed by atoms with Crippen molar-refractivity contribution in [2.45, 2.75) is 65.6 Å². The third kappa shape index (κ3) is 6.52. The lowest BCUT2D eigenvalue weighted by atomic mass is 9.92. The molecule has 1 atom stereocenters. The highest BCUT2D eigenvalue weighted by Crippen LogP contribution is 2.32. The fourth-order valence-corrected chi connectivity index (χ4v) is 4.72. The van der Waals surface area contributed by atoms with Crippen LogP contribution in [0.25, 0.3) is 17.0 Å². The minimum atomic E-state index is -1.01. The molecule has 4 aromatic rings. The lowest BCUT2D eigenvalue weighted by Crippen LogP contribution is -2.25. The van der Waals surface area contributed by atoms with Crippen LogP contribution >= 0.6 is 11.6 Å². The molecule has 0 spiro atoms. The molecule has 2 heterocycles. The van der Waals surface area contributed by atoms with Crippen LogP contribution in [0.4, 0.5) is 11.4 Å². The van der Waals surface area contributed by atoms with Gasteiger partial charge in [0.2, 0.25) is 5.91 Å². The molecule has 0 saturated heterocycles. The molecule has 0 bridgehead atoms. The van der Waals surface area contributed by atoms with Gasteiger partial charge in [-0.05, 0) is 41.8 Å². The van der Waals surface area contributed by atoms with Gasteiger partial charge in [-0.15, -0.1) is 9.73 Å². The van der Waals surface area contributed by atoms with Crippen LogP contribution in [-0.2, 0) is 26.3 Å². The van der Waals surface area contributed by atoms with Gasteiger partial charge in [-0.1, -0.05) is 63.9 Å². The normalized spacial score (nSPS) is 12.5. The second-order valence-corrected chi connectivity index (χ2v) is 11.0. The highest BCUT2D eigenvalue weighted by molar-refractivity contribution is 6.34. The first-order valence-electron chi connectivity index (χ1n) is 13.2. The minimum Gasteiger partial charge on any atom is -0.392 e. The number of aromatic nitrogens is 4. The molecular formula is C29H35ClN6O4. The van der Waals surface area contributed by atoms with Crippen LogP contribution in [0.3, 0.4) is 0 Å². The number of hydrogen-bond acceptors (Lipinski definition) is 6.